The number of piperazine rings is 1. The van der Waals surface area contributed by atoms with Crippen molar-refractivity contribution in [3.63, 3.8) is 0 Å². The Hall–Kier alpha value is -2.57. The van der Waals surface area contributed by atoms with Crippen molar-refractivity contribution in [3.05, 3.63) is 64.4 Å². The summed E-state index contributed by atoms with van der Waals surface area (Å²) in [7, 11) is 0. The van der Waals surface area contributed by atoms with Gasteiger partial charge in [0, 0.05) is 37.9 Å². The van der Waals surface area contributed by atoms with Gasteiger partial charge in [0.05, 0.1) is 15.7 Å². The van der Waals surface area contributed by atoms with Crippen LogP contribution in [0.5, 0.6) is 0 Å². The molecule has 0 unspecified atom stereocenters. The Labute approximate surface area is 166 Å². The van der Waals surface area contributed by atoms with Crippen LogP contribution in [0.1, 0.15) is 10.5 Å². The summed E-state index contributed by atoms with van der Waals surface area (Å²) in [6, 6.07) is 12.8. The minimum atomic E-state index is -0.0763. The molecule has 27 heavy (non-hydrogen) atoms. The highest BCUT2D eigenvalue weighted by atomic mass is 35.5. The number of rotatable bonds is 3. The largest absolute Gasteiger partial charge is 0.352 e. The zero-order chi connectivity index (χ0) is 18.8. The maximum atomic E-state index is 12.8. The number of carbonyl (C=O) groups is 1. The first-order valence-corrected chi connectivity index (χ1v) is 9.34. The minimum Gasteiger partial charge on any atom is -0.352 e. The lowest BCUT2D eigenvalue weighted by molar-refractivity contribution is 0.0740. The molecule has 0 spiro atoms. The Morgan fingerprint density at radius 1 is 1.00 bits per heavy atom. The SMILES string of the molecule is O=C(c1cc(-c2ccccc2Cl)n[nH]1)N1CCN(c2ncccc2Cl)CC1. The second-order valence-corrected chi connectivity index (χ2v) is 7.05. The molecule has 6 nitrogen and oxygen atoms in total. The molecule has 2 aromatic heterocycles. The number of halogens is 2. The fourth-order valence-electron chi connectivity index (χ4n) is 3.14. The molecule has 1 aromatic carbocycles. The number of nitrogens with one attached hydrogen (secondary N) is 1. The number of anilines is 1. The molecule has 1 amide bonds. The van der Waals surface area contributed by atoms with Gasteiger partial charge in [0.2, 0.25) is 0 Å². The third-order valence-electron chi connectivity index (χ3n) is 4.56. The van der Waals surface area contributed by atoms with Crippen LogP contribution >= 0.6 is 23.2 Å². The van der Waals surface area contributed by atoms with E-state index in [0.717, 1.165) is 11.4 Å². The zero-order valence-electron chi connectivity index (χ0n) is 14.4. The monoisotopic (exact) mass is 401 g/mol. The van der Waals surface area contributed by atoms with Gasteiger partial charge < -0.3 is 9.80 Å². The number of hydrogen-bond donors (Lipinski definition) is 1. The van der Waals surface area contributed by atoms with E-state index in [1.165, 1.54) is 0 Å². The summed E-state index contributed by atoms with van der Waals surface area (Å²) < 4.78 is 0. The fraction of sp³-hybridized carbons (Fsp3) is 0.211. The zero-order valence-corrected chi connectivity index (χ0v) is 15.9. The van der Waals surface area contributed by atoms with E-state index in [2.05, 4.69) is 20.1 Å². The number of amides is 1. The van der Waals surface area contributed by atoms with E-state index in [1.54, 1.807) is 29.3 Å². The van der Waals surface area contributed by atoms with E-state index >= 15 is 0 Å². The summed E-state index contributed by atoms with van der Waals surface area (Å²) in [5.41, 5.74) is 1.90. The molecule has 138 valence electrons. The summed E-state index contributed by atoms with van der Waals surface area (Å²) >= 11 is 12.4. The lowest BCUT2D eigenvalue weighted by atomic mass is 10.1. The standard InChI is InChI=1S/C19H17Cl2N5O/c20-14-5-2-1-4-13(14)16-12-17(24-23-16)19(27)26-10-8-25(9-11-26)18-15(21)6-3-7-22-18/h1-7,12H,8-11H2,(H,23,24). The molecule has 0 saturated carbocycles. The van der Waals surface area contributed by atoms with Crippen LogP contribution in [-0.2, 0) is 0 Å². The van der Waals surface area contributed by atoms with Gasteiger partial charge in [-0.05, 0) is 24.3 Å². The molecule has 8 heteroatoms. The Balaban J connectivity index is 1.44. The highest BCUT2D eigenvalue weighted by molar-refractivity contribution is 6.33. The van der Waals surface area contributed by atoms with Gasteiger partial charge in [-0.15, -0.1) is 0 Å². The summed E-state index contributed by atoms with van der Waals surface area (Å²) in [6.45, 7) is 2.53. The van der Waals surface area contributed by atoms with Gasteiger partial charge in [-0.25, -0.2) is 4.98 Å². The third kappa shape index (κ3) is 3.63. The van der Waals surface area contributed by atoms with Crippen molar-refractivity contribution >= 4 is 34.9 Å². The molecule has 1 fully saturated rings. The molecule has 0 bridgehead atoms. The van der Waals surface area contributed by atoms with E-state index < -0.39 is 0 Å². The van der Waals surface area contributed by atoms with Crippen molar-refractivity contribution in [1.82, 2.24) is 20.1 Å². The minimum absolute atomic E-state index is 0.0763. The Bertz CT molecular complexity index is 966. The second-order valence-electron chi connectivity index (χ2n) is 6.23. The number of aromatic nitrogens is 3. The lowest BCUT2D eigenvalue weighted by Crippen LogP contribution is -2.49. The maximum Gasteiger partial charge on any atom is 0.272 e. The third-order valence-corrected chi connectivity index (χ3v) is 5.19. The van der Waals surface area contributed by atoms with Crippen molar-refractivity contribution in [2.75, 3.05) is 31.1 Å². The van der Waals surface area contributed by atoms with Gasteiger partial charge in [-0.2, -0.15) is 5.10 Å². The molecule has 4 rings (SSSR count). The topological polar surface area (TPSA) is 65.1 Å². The summed E-state index contributed by atoms with van der Waals surface area (Å²) in [5.74, 6) is 0.682. The van der Waals surface area contributed by atoms with Gasteiger partial charge in [0.25, 0.3) is 5.91 Å². The average Bonchev–Trinajstić information content (AvgIpc) is 3.18. The van der Waals surface area contributed by atoms with Gasteiger partial charge >= 0.3 is 0 Å². The highest BCUT2D eigenvalue weighted by Gasteiger charge is 2.25. The summed E-state index contributed by atoms with van der Waals surface area (Å²) in [4.78, 5) is 21.0. The second kappa shape index (κ2) is 7.58. The number of nitrogens with zero attached hydrogens (tertiary/aromatic N) is 4. The molecule has 0 atom stereocenters. The Morgan fingerprint density at radius 3 is 2.48 bits per heavy atom. The van der Waals surface area contributed by atoms with Gasteiger partial charge in [-0.1, -0.05) is 41.4 Å². The predicted molar refractivity (Wildman–Crippen MR) is 106 cm³/mol. The molecule has 3 heterocycles. The molecule has 0 aliphatic carbocycles. The molecule has 1 aliphatic heterocycles. The van der Waals surface area contributed by atoms with Crippen LogP contribution in [0, 0.1) is 0 Å². The number of carbonyl (C=O) groups excluding carboxylic acids is 1. The summed E-state index contributed by atoms with van der Waals surface area (Å²) in [6.07, 6.45) is 1.72. The first-order chi connectivity index (χ1) is 13.1. The predicted octanol–water partition coefficient (Wildman–Crippen LogP) is 3.74. The molecule has 1 N–H and O–H groups in total. The van der Waals surface area contributed by atoms with E-state index in [-0.39, 0.29) is 5.91 Å². The molecular weight excluding hydrogens is 385 g/mol. The van der Waals surface area contributed by atoms with Gasteiger partial charge in [-0.3, -0.25) is 9.89 Å². The quantitative estimate of drug-likeness (QED) is 0.725. The fourth-order valence-corrected chi connectivity index (χ4v) is 3.61. The van der Waals surface area contributed by atoms with E-state index in [9.17, 15) is 4.79 Å². The number of H-pyrrole nitrogens is 1. The number of pyridine rings is 1. The Kier molecular flexibility index (Phi) is 5.01. The molecule has 3 aromatic rings. The van der Waals surface area contributed by atoms with Crippen LogP contribution in [0.4, 0.5) is 5.82 Å². The smallest absolute Gasteiger partial charge is 0.272 e. The molecular formula is C19H17Cl2N5O. The van der Waals surface area contributed by atoms with E-state index in [1.807, 2.05) is 24.3 Å². The normalized spacial score (nSPS) is 14.4. The maximum absolute atomic E-state index is 12.8. The van der Waals surface area contributed by atoms with Crippen LogP contribution in [-0.4, -0.2) is 52.2 Å². The first kappa shape index (κ1) is 17.8. The number of hydrogen-bond acceptors (Lipinski definition) is 4. The van der Waals surface area contributed by atoms with Crippen LogP contribution < -0.4 is 4.90 Å². The van der Waals surface area contributed by atoms with Crippen LogP contribution in [0.15, 0.2) is 48.7 Å². The highest BCUT2D eigenvalue weighted by Crippen LogP contribution is 2.27. The van der Waals surface area contributed by atoms with E-state index in [0.29, 0.717) is 47.6 Å². The number of aromatic amines is 1. The van der Waals surface area contributed by atoms with Gasteiger partial charge in [0.15, 0.2) is 0 Å². The van der Waals surface area contributed by atoms with E-state index in [4.69, 9.17) is 23.2 Å². The first-order valence-electron chi connectivity index (χ1n) is 8.58. The van der Waals surface area contributed by atoms with Crippen molar-refractivity contribution < 1.29 is 4.79 Å². The molecule has 1 saturated heterocycles. The lowest BCUT2D eigenvalue weighted by Gasteiger charge is -2.35. The molecule has 1 aliphatic rings. The van der Waals surface area contributed by atoms with Crippen LogP contribution in [0.3, 0.4) is 0 Å². The van der Waals surface area contributed by atoms with Crippen molar-refractivity contribution in [3.8, 4) is 11.3 Å². The van der Waals surface area contributed by atoms with Crippen molar-refractivity contribution in [2.24, 2.45) is 0 Å². The van der Waals surface area contributed by atoms with Gasteiger partial charge in [0.1, 0.15) is 11.5 Å². The average molecular weight is 402 g/mol. The molecule has 0 radical (unpaired) electrons. The number of benzene rings is 1. The van der Waals surface area contributed by atoms with Crippen LogP contribution in [0.25, 0.3) is 11.3 Å². The van der Waals surface area contributed by atoms with Crippen LogP contribution in [0.2, 0.25) is 10.0 Å². The Morgan fingerprint density at radius 2 is 1.74 bits per heavy atom. The summed E-state index contributed by atoms with van der Waals surface area (Å²) in [5, 5.41) is 8.30. The van der Waals surface area contributed by atoms with Crippen molar-refractivity contribution in [2.45, 2.75) is 0 Å². The van der Waals surface area contributed by atoms with Crippen molar-refractivity contribution in [1.29, 1.82) is 0 Å².